The zero-order chi connectivity index (χ0) is 28.8. The van der Waals surface area contributed by atoms with Crippen molar-refractivity contribution < 1.29 is 28.5 Å². The predicted molar refractivity (Wildman–Crippen MR) is 153 cm³/mol. The lowest BCUT2D eigenvalue weighted by atomic mass is 10.0. The summed E-state index contributed by atoms with van der Waals surface area (Å²) < 4.78 is 6.55. The fraction of sp³-hybridized carbons (Fsp3) is 0.444. The molecule has 5 N–H and O–H groups in total. The van der Waals surface area contributed by atoms with Crippen molar-refractivity contribution in [3.8, 4) is 0 Å². The number of anilines is 1. The number of nitrogens with zero attached hydrogens (tertiary/aromatic N) is 2. The van der Waals surface area contributed by atoms with Crippen LogP contribution in [0, 0.1) is 0 Å². The molecule has 214 valence electrons. The number of aliphatic carboxylic acids is 1. The third-order valence-corrected chi connectivity index (χ3v) is 5.37. The Labute approximate surface area is 226 Å². The van der Waals surface area contributed by atoms with E-state index in [1.54, 1.807) is 42.8 Å². The molecule has 11 heteroatoms. The molecule has 1 aromatic carbocycles. The molecule has 1 atom stereocenters. The molecule has 0 saturated heterocycles. The third kappa shape index (κ3) is 8.75. The summed E-state index contributed by atoms with van der Waals surface area (Å²) in [5, 5.41) is 12.3. The molecule has 3 aromatic rings. The average Bonchev–Trinajstić information content (AvgIpc) is 3.23. The Morgan fingerprint density at radius 1 is 1.16 bits per heavy atom. The number of nitrogen functional groups attached to an aromatic ring is 1. The normalized spacial score (nSPS) is 10.9. The van der Waals surface area contributed by atoms with Crippen LogP contribution in [0.5, 0.6) is 0 Å². The van der Waals surface area contributed by atoms with Gasteiger partial charge < -0.3 is 25.5 Å². The summed E-state index contributed by atoms with van der Waals surface area (Å²) in [4.78, 5) is 54.4. The number of carbonyl (C=O) groups excluding carboxylic acids is 2. The van der Waals surface area contributed by atoms with Crippen molar-refractivity contribution >= 4 is 34.8 Å². The Bertz CT molecular complexity index is 1280. The number of aromatic nitrogens is 3. The number of esters is 1. The predicted octanol–water partition coefficient (Wildman–Crippen LogP) is 3.95. The van der Waals surface area contributed by atoms with Crippen molar-refractivity contribution in [2.45, 2.75) is 66.3 Å². The molecule has 0 aliphatic rings. The maximum Gasteiger partial charge on any atom is 0.326 e. The number of carboxylic acid groups (broad SMARTS) is 1. The van der Waals surface area contributed by atoms with Crippen molar-refractivity contribution in [2.24, 2.45) is 7.05 Å². The molecule has 0 saturated carbocycles. The van der Waals surface area contributed by atoms with Crippen molar-refractivity contribution in [1.29, 1.82) is 0 Å². The molecule has 1 amide bonds. The lowest BCUT2D eigenvalue weighted by Gasteiger charge is -2.14. The molecule has 0 fully saturated rings. The van der Waals surface area contributed by atoms with E-state index in [1.165, 1.54) is 0 Å². The van der Waals surface area contributed by atoms with E-state index in [9.17, 15) is 24.3 Å². The highest BCUT2D eigenvalue weighted by Crippen LogP contribution is 2.18. The molecule has 3 rings (SSSR count). The third-order valence-electron chi connectivity index (χ3n) is 5.37. The fourth-order valence-electron chi connectivity index (χ4n) is 3.67. The topological polar surface area (TPSA) is 169 Å². The standard InChI is InChI=1S/C23H27N5O6.2C2H6.3H2/c1-3-34-17(29)11-10-16(22(32)33)25-20(30)14-7-4-13(5-8-14)6-9-15-12-28(2)19-18(15)21(31)27-23(24)26-19;2*1-2;;;/h4-5,7-8,12,16H,3,6,9-11H2,1-2H3,(H,25,30)(H,32,33)(H3,24,26,27,31);2*1-2H3;3*1H/t16-;;;;;/m0...../s1. The zero-order valence-corrected chi connectivity index (χ0v) is 23.0. The number of ether oxygens (including phenoxy) is 1. The van der Waals surface area contributed by atoms with Crippen LogP contribution in [0.2, 0.25) is 0 Å². The van der Waals surface area contributed by atoms with Gasteiger partial charge in [0.05, 0.1) is 12.0 Å². The molecule has 11 nitrogen and oxygen atoms in total. The quantitative estimate of drug-likeness (QED) is 0.283. The van der Waals surface area contributed by atoms with Crippen LogP contribution >= 0.6 is 0 Å². The van der Waals surface area contributed by atoms with E-state index >= 15 is 0 Å². The van der Waals surface area contributed by atoms with Gasteiger partial charge in [-0.3, -0.25) is 19.4 Å². The molecule has 0 aliphatic heterocycles. The summed E-state index contributed by atoms with van der Waals surface area (Å²) in [7, 11) is 1.79. The van der Waals surface area contributed by atoms with Gasteiger partial charge in [0, 0.05) is 29.5 Å². The van der Waals surface area contributed by atoms with Crippen LogP contribution in [0.15, 0.2) is 35.3 Å². The Morgan fingerprint density at radius 3 is 2.37 bits per heavy atom. The Hall–Kier alpha value is -4.15. The molecule has 2 heterocycles. The Kier molecular flexibility index (Phi) is 13.3. The SMILES string of the molecule is CC.CC.CCOC(=O)CC[C@H](NC(=O)c1ccc(CCc2cn(C)c3nc(N)[nH]c(=O)c23)cc1)C(=O)O.[HH].[HH].[HH]. The average molecular weight is 536 g/mol. The number of carboxylic acids is 1. The van der Waals surface area contributed by atoms with Crippen molar-refractivity contribution in [2.75, 3.05) is 12.3 Å². The second-order valence-electron chi connectivity index (χ2n) is 7.82. The van der Waals surface area contributed by atoms with Crippen LogP contribution < -0.4 is 16.6 Å². The lowest BCUT2D eigenvalue weighted by molar-refractivity contribution is -0.144. The van der Waals surface area contributed by atoms with Crippen LogP contribution in [-0.4, -0.2) is 50.1 Å². The smallest absolute Gasteiger partial charge is 0.326 e. The minimum absolute atomic E-state index is 0. The summed E-state index contributed by atoms with van der Waals surface area (Å²) >= 11 is 0. The van der Waals surface area contributed by atoms with Gasteiger partial charge in [-0.05, 0) is 49.4 Å². The van der Waals surface area contributed by atoms with Crippen molar-refractivity contribution in [3.05, 3.63) is 57.5 Å². The first-order valence-electron chi connectivity index (χ1n) is 12.8. The van der Waals surface area contributed by atoms with Crippen LogP contribution in [0.25, 0.3) is 11.0 Å². The minimum atomic E-state index is -1.23. The van der Waals surface area contributed by atoms with E-state index in [0.29, 0.717) is 29.4 Å². The van der Waals surface area contributed by atoms with E-state index in [2.05, 4.69) is 15.3 Å². The number of rotatable bonds is 10. The monoisotopic (exact) mass is 535 g/mol. The van der Waals surface area contributed by atoms with Gasteiger partial charge >= 0.3 is 11.9 Å². The summed E-state index contributed by atoms with van der Waals surface area (Å²) in [6.07, 6.45) is 2.86. The van der Waals surface area contributed by atoms with Crippen LogP contribution in [0.4, 0.5) is 5.95 Å². The fourth-order valence-corrected chi connectivity index (χ4v) is 3.67. The van der Waals surface area contributed by atoms with Gasteiger partial charge in [-0.2, -0.15) is 4.98 Å². The number of fused-ring (bicyclic) bond motifs is 1. The number of hydrogen-bond acceptors (Lipinski definition) is 7. The summed E-state index contributed by atoms with van der Waals surface area (Å²) in [6, 6.07) is 5.55. The number of nitrogens with two attached hydrogens (primary N) is 1. The number of benzene rings is 1. The summed E-state index contributed by atoms with van der Waals surface area (Å²) in [5.41, 5.74) is 7.92. The Balaban J connectivity index is -0.00000197. The second-order valence-corrected chi connectivity index (χ2v) is 7.82. The number of aryl methyl sites for hydroxylation is 3. The van der Waals surface area contributed by atoms with E-state index < -0.39 is 23.9 Å². The first-order valence-corrected chi connectivity index (χ1v) is 12.8. The number of carbonyl (C=O) groups is 3. The van der Waals surface area contributed by atoms with Gasteiger partial charge in [0.1, 0.15) is 11.7 Å². The first kappa shape index (κ1) is 31.9. The molecular formula is C27H45N5O6. The first-order chi connectivity index (χ1) is 18.2. The van der Waals surface area contributed by atoms with Gasteiger partial charge in [0.15, 0.2) is 0 Å². The van der Waals surface area contributed by atoms with Crippen LogP contribution in [-0.2, 0) is 34.2 Å². The summed E-state index contributed by atoms with van der Waals surface area (Å²) in [6.45, 7) is 9.87. The molecule has 0 aliphatic carbocycles. The van der Waals surface area contributed by atoms with Gasteiger partial charge in [-0.1, -0.05) is 39.8 Å². The maximum absolute atomic E-state index is 12.5. The number of nitrogens with one attached hydrogen (secondary N) is 2. The highest BCUT2D eigenvalue weighted by molar-refractivity contribution is 5.96. The zero-order valence-electron chi connectivity index (χ0n) is 23.0. The van der Waals surface area contributed by atoms with Crippen LogP contribution in [0.1, 0.15) is 73.2 Å². The van der Waals surface area contributed by atoms with Gasteiger partial charge in [0.25, 0.3) is 11.5 Å². The van der Waals surface area contributed by atoms with E-state index in [-0.39, 0.29) is 35.2 Å². The molecule has 0 spiro atoms. The number of H-pyrrole nitrogens is 1. The van der Waals surface area contributed by atoms with E-state index in [1.807, 2.05) is 33.9 Å². The molecule has 38 heavy (non-hydrogen) atoms. The highest BCUT2D eigenvalue weighted by atomic mass is 16.5. The largest absolute Gasteiger partial charge is 0.480 e. The number of aromatic amines is 1. The molecular weight excluding hydrogens is 490 g/mol. The Morgan fingerprint density at radius 2 is 1.79 bits per heavy atom. The molecule has 2 aromatic heterocycles. The molecule has 0 unspecified atom stereocenters. The van der Waals surface area contributed by atoms with Gasteiger partial charge in [0.2, 0.25) is 5.95 Å². The van der Waals surface area contributed by atoms with Gasteiger partial charge in [-0.15, -0.1) is 0 Å². The van der Waals surface area contributed by atoms with Crippen molar-refractivity contribution in [1.82, 2.24) is 19.9 Å². The van der Waals surface area contributed by atoms with Crippen molar-refractivity contribution in [3.63, 3.8) is 0 Å². The maximum atomic E-state index is 12.5. The second kappa shape index (κ2) is 15.9. The van der Waals surface area contributed by atoms with E-state index in [4.69, 9.17) is 10.5 Å². The molecule has 0 radical (unpaired) electrons. The van der Waals surface area contributed by atoms with E-state index in [0.717, 1.165) is 11.1 Å². The highest BCUT2D eigenvalue weighted by Gasteiger charge is 2.22. The van der Waals surface area contributed by atoms with Gasteiger partial charge in [-0.25, -0.2) is 4.79 Å². The molecule has 0 bridgehead atoms. The number of hydrogen-bond donors (Lipinski definition) is 4. The van der Waals surface area contributed by atoms with Crippen LogP contribution in [0.3, 0.4) is 0 Å². The summed E-state index contributed by atoms with van der Waals surface area (Å²) in [5.74, 6) is -2.23. The lowest BCUT2D eigenvalue weighted by Crippen LogP contribution is -2.41. The number of amides is 1. The minimum Gasteiger partial charge on any atom is -0.480 e.